The summed E-state index contributed by atoms with van der Waals surface area (Å²) >= 11 is 7.74. The highest BCUT2D eigenvalue weighted by molar-refractivity contribution is 7.89. The number of benzene rings is 2. The Balaban J connectivity index is 1.47. The van der Waals surface area contributed by atoms with E-state index in [9.17, 15) is 13.2 Å². The van der Waals surface area contributed by atoms with Crippen molar-refractivity contribution in [2.45, 2.75) is 31.2 Å². The van der Waals surface area contributed by atoms with Crippen LogP contribution in [0.2, 0.25) is 5.02 Å². The Morgan fingerprint density at radius 1 is 1.17 bits per heavy atom. The number of sulfonamides is 1. The number of fused-ring (bicyclic) bond motifs is 1. The van der Waals surface area contributed by atoms with E-state index in [1.165, 1.54) is 15.6 Å². The molecule has 1 aliphatic rings. The molecule has 2 aromatic heterocycles. The van der Waals surface area contributed by atoms with Gasteiger partial charge in [-0.1, -0.05) is 47.2 Å². The molecule has 1 unspecified atom stereocenters. The van der Waals surface area contributed by atoms with Crippen LogP contribution in [-0.2, 0) is 21.4 Å². The molecule has 5 rings (SSSR count). The molecule has 1 amide bonds. The van der Waals surface area contributed by atoms with Crippen LogP contribution < -0.4 is 4.90 Å². The normalized spacial score (nSPS) is 16.8. The Morgan fingerprint density at radius 2 is 1.97 bits per heavy atom. The number of carbonyl (C=O) groups is 1. The number of hydrogen-bond acceptors (Lipinski definition) is 6. The first kappa shape index (κ1) is 24.8. The molecule has 1 saturated heterocycles. The molecule has 0 saturated carbocycles. The molecule has 0 N–H and O–H groups in total. The van der Waals surface area contributed by atoms with Crippen LogP contribution in [0.4, 0.5) is 5.13 Å². The third kappa shape index (κ3) is 4.88. The van der Waals surface area contributed by atoms with Gasteiger partial charge in [-0.2, -0.15) is 4.31 Å². The number of piperidine rings is 1. The smallest absolute Gasteiger partial charge is 0.243 e. The number of hydrogen-bond donors (Lipinski definition) is 0. The number of halogens is 1. The van der Waals surface area contributed by atoms with Crippen LogP contribution in [-0.4, -0.2) is 41.7 Å². The molecular weight excluding hydrogens is 516 g/mol. The number of amides is 1. The third-order valence-electron chi connectivity index (χ3n) is 6.41. The van der Waals surface area contributed by atoms with Gasteiger partial charge < -0.3 is 0 Å². The van der Waals surface area contributed by atoms with Crippen LogP contribution in [0.1, 0.15) is 24.0 Å². The Morgan fingerprint density at radius 3 is 2.72 bits per heavy atom. The summed E-state index contributed by atoms with van der Waals surface area (Å²) in [5.41, 5.74) is 2.50. The summed E-state index contributed by atoms with van der Waals surface area (Å²) in [6.45, 7) is 2.73. The van der Waals surface area contributed by atoms with E-state index in [0.29, 0.717) is 36.1 Å². The highest BCUT2D eigenvalue weighted by Crippen LogP contribution is 2.35. The van der Waals surface area contributed by atoms with Gasteiger partial charge in [-0.05, 0) is 61.2 Å². The maximum absolute atomic E-state index is 14.0. The van der Waals surface area contributed by atoms with Gasteiger partial charge in [-0.25, -0.2) is 13.4 Å². The zero-order chi connectivity index (χ0) is 25.3. The summed E-state index contributed by atoms with van der Waals surface area (Å²) in [4.78, 5) is 24.8. The van der Waals surface area contributed by atoms with E-state index in [0.717, 1.165) is 21.3 Å². The van der Waals surface area contributed by atoms with Crippen LogP contribution in [0.15, 0.2) is 71.9 Å². The zero-order valence-electron chi connectivity index (χ0n) is 19.7. The maximum Gasteiger partial charge on any atom is 0.243 e. The maximum atomic E-state index is 14.0. The summed E-state index contributed by atoms with van der Waals surface area (Å²) in [6, 6.07) is 15.9. The molecule has 7 nitrogen and oxygen atoms in total. The zero-order valence-corrected chi connectivity index (χ0v) is 22.1. The fourth-order valence-electron chi connectivity index (χ4n) is 4.44. The average molecular weight is 541 g/mol. The van der Waals surface area contributed by atoms with Crippen molar-refractivity contribution in [3.05, 3.63) is 83.1 Å². The second-order valence-corrected chi connectivity index (χ2v) is 12.2. The minimum atomic E-state index is -3.68. The molecule has 1 atom stereocenters. The van der Waals surface area contributed by atoms with Gasteiger partial charge in [-0.3, -0.25) is 14.7 Å². The lowest BCUT2D eigenvalue weighted by molar-refractivity contribution is -0.123. The number of rotatable bonds is 6. The molecule has 0 spiro atoms. The Labute approximate surface area is 219 Å². The van der Waals surface area contributed by atoms with Gasteiger partial charge in [0.1, 0.15) is 0 Å². The predicted molar refractivity (Wildman–Crippen MR) is 143 cm³/mol. The molecule has 4 aromatic rings. The number of pyridine rings is 1. The first-order valence-electron chi connectivity index (χ1n) is 11.7. The quantitative estimate of drug-likeness (QED) is 0.332. The molecule has 0 aliphatic carbocycles. The van der Waals surface area contributed by atoms with Crippen LogP contribution in [0.25, 0.3) is 10.2 Å². The first-order valence-corrected chi connectivity index (χ1v) is 14.3. The number of thiazole rings is 1. The predicted octanol–water partition coefficient (Wildman–Crippen LogP) is 5.29. The third-order valence-corrected chi connectivity index (χ3v) is 9.74. The molecule has 10 heteroatoms. The van der Waals surface area contributed by atoms with Crippen molar-refractivity contribution >= 4 is 54.2 Å². The van der Waals surface area contributed by atoms with Crippen molar-refractivity contribution in [2.24, 2.45) is 5.92 Å². The minimum Gasteiger partial charge on any atom is -0.283 e. The topological polar surface area (TPSA) is 83.5 Å². The molecular formula is C26H25ClN4O3S2. The second kappa shape index (κ2) is 10.3. The SMILES string of the molecule is Cc1c(Cl)ccc2sc(N(Cc3cccnc3)C(=O)C3CCCN(S(=O)(=O)c4ccccc4)C3)nc12. The molecule has 186 valence electrons. The van der Waals surface area contributed by atoms with Crippen LogP contribution in [0.3, 0.4) is 0 Å². The second-order valence-electron chi connectivity index (χ2n) is 8.82. The van der Waals surface area contributed by atoms with Gasteiger partial charge in [0.2, 0.25) is 15.9 Å². The van der Waals surface area contributed by atoms with Gasteiger partial charge in [0.15, 0.2) is 5.13 Å². The fraction of sp³-hybridized carbons (Fsp3) is 0.269. The fourth-order valence-corrected chi connectivity index (χ4v) is 7.17. The van der Waals surface area contributed by atoms with Crippen molar-refractivity contribution in [1.29, 1.82) is 0 Å². The van der Waals surface area contributed by atoms with Crippen molar-refractivity contribution in [3.63, 3.8) is 0 Å². The average Bonchev–Trinajstić information content (AvgIpc) is 3.35. The summed E-state index contributed by atoms with van der Waals surface area (Å²) in [5, 5.41) is 1.19. The number of aromatic nitrogens is 2. The molecule has 1 aliphatic heterocycles. The highest BCUT2D eigenvalue weighted by Gasteiger charge is 2.36. The summed E-state index contributed by atoms with van der Waals surface area (Å²) in [6.07, 6.45) is 4.63. The molecule has 36 heavy (non-hydrogen) atoms. The van der Waals surface area contributed by atoms with Gasteiger partial charge in [-0.15, -0.1) is 0 Å². The number of nitrogens with zero attached hydrogens (tertiary/aromatic N) is 4. The van der Waals surface area contributed by atoms with Crippen molar-refractivity contribution in [3.8, 4) is 0 Å². The summed E-state index contributed by atoms with van der Waals surface area (Å²) in [5.74, 6) is -0.625. The number of aryl methyl sites for hydroxylation is 1. The summed E-state index contributed by atoms with van der Waals surface area (Å²) in [7, 11) is -3.68. The van der Waals surface area contributed by atoms with E-state index >= 15 is 0 Å². The van der Waals surface area contributed by atoms with Crippen LogP contribution >= 0.6 is 22.9 Å². The minimum absolute atomic E-state index is 0.134. The molecule has 0 bridgehead atoms. The van der Waals surface area contributed by atoms with Gasteiger partial charge in [0.05, 0.1) is 27.6 Å². The van der Waals surface area contributed by atoms with Crippen molar-refractivity contribution < 1.29 is 13.2 Å². The Kier molecular flexibility index (Phi) is 7.07. The Bertz CT molecular complexity index is 1490. The molecule has 3 heterocycles. The summed E-state index contributed by atoms with van der Waals surface area (Å²) < 4.78 is 28.9. The lowest BCUT2D eigenvalue weighted by Crippen LogP contribution is -2.46. The lowest BCUT2D eigenvalue weighted by atomic mass is 9.98. The van der Waals surface area contributed by atoms with E-state index in [1.54, 1.807) is 47.6 Å². The standard InChI is InChI=1S/C26H25ClN4O3S2/c1-18-22(27)11-12-23-24(18)29-26(35-23)31(16-19-7-5-13-28-15-19)25(32)20-8-6-14-30(17-20)36(33,34)21-9-3-2-4-10-21/h2-5,7,9-13,15,20H,6,8,14,16-17H2,1H3. The van der Waals surface area contributed by atoms with Gasteiger partial charge >= 0.3 is 0 Å². The largest absolute Gasteiger partial charge is 0.283 e. The van der Waals surface area contributed by atoms with E-state index < -0.39 is 15.9 Å². The van der Waals surface area contributed by atoms with E-state index in [4.69, 9.17) is 16.6 Å². The van der Waals surface area contributed by atoms with Crippen molar-refractivity contribution in [2.75, 3.05) is 18.0 Å². The highest BCUT2D eigenvalue weighted by atomic mass is 35.5. The molecule has 1 fully saturated rings. The van der Waals surface area contributed by atoms with E-state index in [1.807, 2.05) is 31.2 Å². The van der Waals surface area contributed by atoms with E-state index in [-0.39, 0.29) is 17.3 Å². The monoisotopic (exact) mass is 540 g/mol. The lowest BCUT2D eigenvalue weighted by Gasteiger charge is -2.33. The molecule has 0 radical (unpaired) electrons. The number of anilines is 1. The Hall–Kier alpha value is -2.85. The first-order chi connectivity index (χ1) is 17.3. The van der Waals surface area contributed by atoms with Crippen LogP contribution in [0.5, 0.6) is 0 Å². The van der Waals surface area contributed by atoms with Crippen LogP contribution in [0, 0.1) is 12.8 Å². The number of carbonyl (C=O) groups excluding carboxylic acids is 1. The van der Waals surface area contributed by atoms with Crippen molar-refractivity contribution in [1.82, 2.24) is 14.3 Å². The van der Waals surface area contributed by atoms with E-state index in [2.05, 4.69) is 4.98 Å². The van der Waals surface area contributed by atoms with Gasteiger partial charge in [0.25, 0.3) is 0 Å². The van der Waals surface area contributed by atoms with Gasteiger partial charge in [0, 0.05) is 30.5 Å². The molecule has 2 aromatic carbocycles.